The summed E-state index contributed by atoms with van der Waals surface area (Å²) in [5, 5.41) is 3.99. The number of methoxy groups -OCH3 is 1. The lowest BCUT2D eigenvalue weighted by molar-refractivity contribution is 0.409. The predicted octanol–water partition coefficient (Wildman–Crippen LogP) is 1.37. The molecule has 0 bridgehead atoms. The lowest BCUT2D eigenvalue weighted by atomic mass is 10.0. The van der Waals surface area contributed by atoms with E-state index in [1.54, 1.807) is 7.11 Å². The fourth-order valence-corrected chi connectivity index (χ4v) is 1.51. The SMILES string of the molecule is COc1ccccc1[C@@H]1C=NNC1. The van der Waals surface area contributed by atoms with E-state index in [9.17, 15) is 0 Å². The Bertz CT molecular complexity index is 322. The summed E-state index contributed by atoms with van der Waals surface area (Å²) in [5.41, 5.74) is 4.13. The van der Waals surface area contributed by atoms with E-state index >= 15 is 0 Å². The molecule has 0 fully saturated rings. The zero-order valence-electron chi connectivity index (χ0n) is 7.53. The van der Waals surface area contributed by atoms with Gasteiger partial charge < -0.3 is 10.2 Å². The van der Waals surface area contributed by atoms with Gasteiger partial charge in [-0.3, -0.25) is 0 Å². The van der Waals surface area contributed by atoms with Crippen molar-refractivity contribution >= 4 is 6.21 Å². The number of benzene rings is 1. The van der Waals surface area contributed by atoms with Gasteiger partial charge in [-0.2, -0.15) is 5.10 Å². The van der Waals surface area contributed by atoms with Crippen LogP contribution in [0.5, 0.6) is 5.75 Å². The summed E-state index contributed by atoms with van der Waals surface area (Å²) in [4.78, 5) is 0. The van der Waals surface area contributed by atoms with Crippen LogP contribution in [-0.4, -0.2) is 19.9 Å². The number of hydrogen-bond donors (Lipinski definition) is 1. The molecular formula is C10H12N2O. The van der Waals surface area contributed by atoms with Crippen LogP contribution < -0.4 is 10.2 Å². The number of nitrogens with zero attached hydrogens (tertiary/aromatic N) is 1. The molecular weight excluding hydrogens is 164 g/mol. The van der Waals surface area contributed by atoms with Crippen molar-refractivity contribution in [3.63, 3.8) is 0 Å². The third-order valence-electron chi connectivity index (χ3n) is 2.20. The van der Waals surface area contributed by atoms with Crippen LogP contribution in [0.4, 0.5) is 0 Å². The molecule has 3 nitrogen and oxygen atoms in total. The molecule has 0 amide bonds. The molecule has 1 aliphatic heterocycles. The molecule has 3 heteroatoms. The highest BCUT2D eigenvalue weighted by molar-refractivity contribution is 5.71. The first-order valence-corrected chi connectivity index (χ1v) is 4.31. The molecule has 1 aromatic rings. The van der Waals surface area contributed by atoms with E-state index in [-0.39, 0.29) is 0 Å². The van der Waals surface area contributed by atoms with Gasteiger partial charge in [-0.1, -0.05) is 18.2 Å². The number of ether oxygens (including phenoxy) is 1. The highest BCUT2D eigenvalue weighted by atomic mass is 16.5. The van der Waals surface area contributed by atoms with E-state index in [0.29, 0.717) is 5.92 Å². The Morgan fingerprint density at radius 2 is 2.31 bits per heavy atom. The highest BCUT2D eigenvalue weighted by Crippen LogP contribution is 2.25. The molecule has 0 saturated heterocycles. The first-order valence-electron chi connectivity index (χ1n) is 4.31. The van der Waals surface area contributed by atoms with E-state index < -0.39 is 0 Å². The molecule has 2 rings (SSSR count). The molecule has 0 aromatic heterocycles. The van der Waals surface area contributed by atoms with Gasteiger partial charge in [0.15, 0.2) is 0 Å². The van der Waals surface area contributed by atoms with Gasteiger partial charge in [0.05, 0.1) is 7.11 Å². The predicted molar refractivity (Wildman–Crippen MR) is 52.2 cm³/mol. The van der Waals surface area contributed by atoms with Crippen molar-refractivity contribution in [1.29, 1.82) is 0 Å². The molecule has 0 aliphatic carbocycles. The van der Waals surface area contributed by atoms with Crippen molar-refractivity contribution < 1.29 is 4.74 Å². The quantitative estimate of drug-likeness (QED) is 0.738. The number of para-hydroxylation sites is 1. The van der Waals surface area contributed by atoms with Gasteiger partial charge in [-0.15, -0.1) is 0 Å². The van der Waals surface area contributed by atoms with Gasteiger partial charge in [0.25, 0.3) is 0 Å². The van der Waals surface area contributed by atoms with Crippen LogP contribution in [0.2, 0.25) is 0 Å². The van der Waals surface area contributed by atoms with Crippen LogP contribution in [0.15, 0.2) is 29.4 Å². The minimum absolute atomic E-state index is 0.344. The van der Waals surface area contributed by atoms with Gasteiger partial charge >= 0.3 is 0 Å². The minimum atomic E-state index is 0.344. The Balaban J connectivity index is 2.32. The zero-order chi connectivity index (χ0) is 9.10. The van der Waals surface area contributed by atoms with Gasteiger partial charge in [-0.25, -0.2) is 0 Å². The number of hydrogen-bond acceptors (Lipinski definition) is 3. The lowest BCUT2D eigenvalue weighted by Crippen LogP contribution is -2.09. The molecule has 1 aliphatic rings. The van der Waals surface area contributed by atoms with Crippen LogP contribution in [-0.2, 0) is 0 Å². The van der Waals surface area contributed by atoms with E-state index in [1.165, 1.54) is 5.56 Å². The van der Waals surface area contributed by atoms with Gasteiger partial charge in [0.2, 0.25) is 0 Å². The topological polar surface area (TPSA) is 33.6 Å². The largest absolute Gasteiger partial charge is 0.496 e. The summed E-state index contributed by atoms with van der Waals surface area (Å²) >= 11 is 0. The molecule has 1 atom stereocenters. The average molecular weight is 176 g/mol. The van der Waals surface area contributed by atoms with Gasteiger partial charge in [0.1, 0.15) is 5.75 Å². The molecule has 68 valence electrons. The number of hydrazone groups is 1. The van der Waals surface area contributed by atoms with E-state index in [0.717, 1.165) is 12.3 Å². The summed E-state index contributed by atoms with van der Waals surface area (Å²) in [6, 6.07) is 8.04. The molecule has 0 radical (unpaired) electrons. The second-order valence-electron chi connectivity index (χ2n) is 2.99. The van der Waals surface area contributed by atoms with Crippen molar-refractivity contribution in [2.24, 2.45) is 5.10 Å². The van der Waals surface area contributed by atoms with E-state index in [2.05, 4.69) is 16.6 Å². The van der Waals surface area contributed by atoms with Crippen molar-refractivity contribution in [3.05, 3.63) is 29.8 Å². The second kappa shape index (κ2) is 3.47. The first kappa shape index (κ1) is 8.10. The maximum absolute atomic E-state index is 5.27. The van der Waals surface area contributed by atoms with Crippen molar-refractivity contribution in [3.8, 4) is 5.75 Å². The monoisotopic (exact) mass is 176 g/mol. The molecule has 0 spiro atoms. The minimum Gasteiger partial charge on any atom is -0.496 e. The van der Waals surface area contributed by atoms with E-state index in [4.69, 9.17) is 4.74 Å². The molecule has 1 heterocycles. The zero-order valence-corrected chi connectivity index (χ0v) is 7.53. The second-order valence-corrected chi connectivity index (χ2v) is 2.99. The fourth-order valence-electron chi connectivity index (χ4n) is 1.51. The Morgan fingerprint density at radius 3 is 3.00 bits per heavy atom. The number of nitrogens with one attached hydrogen (secondary N) is 1. The molecule has 1 aromatic carbocycles. The van der Waals surface area contributed by atoms with Crippen molar-refractivity contribution in [2.75, 3.05) is 13.7 Å². The van der Waals surface area contributed by atoms with E-state index in [1.807, 2.05) is 24.4 Å². The fraction of sp³-hybridized carbons (Fsp3) is 0.300. The van der Waals surface area contributed by atoms with Crippen LogP contribution >= 0.6 is 0 Å². The van der Waals surface area contributed by atoms with Crippen LogP contribution in [0.25, 0.3) is 0 Å². The average Bonchev–Trinajstić information content (AvgIpc) is 2.70. The smallest absolute Gasteiger partial charge is 0.122 e. The van der Waals surface area contributed by atoms with Crippen molar-refractivity contribution in [2.45, 2.75) is 5.92 Å². The molecule has 0 saturated carbocycles. The van der Waals surface area contributed by atoms with Gasteiger partial charge in [-0.05, 0) is 6.07 Å². The molecule has 0 unspecified atom stereocenters. The summed E-state index contributed by atoms with van der Waals surface area (Å²) < 4.78 is 5.27. The van der Waals surface area contributed by atoms with Crippen molar-refractivity contribution in [1.82, 2.24) is 5.43 Å². The normalized spacial score (nSPS) is 19.9. The highest BCUT2D eigenvalue weighted by Gasteiger charge is 2.16. The molecule has 13 heavy (non-hydrogen) atoms. The number of rotatable bonds is 2. The van der Waals surface area contributed by atoms with Gasteiger partial charge in [0, 0.05) is 24.2 Å². The Morgan fingerprint density at radius 1 is 1.46 bits per heavy atom. The summed E-state index contributed by atoms with van der Waals surface area (Å²) in [6.45, 7) is 0.861. The summed E-state index contributed by atoms with van der Waals surface area (Å²) in [6.07, 6.45) is 1.91. The Hall–Kier alpha value is -1.51. The van der Waals surface area contributed by atoms with Crippen LogP contribution in [0.3, 0.4) is 0 Å². The summed E-state index contributed by atoms with van der Waals surface area (Å²) in [5.74, 6) is 1.28. The Kier molecular flexibility index (Phi) is 2.17. The third kappa shape index (κ3) is 1.49. The van der Waals surface area contributed by atoms with Crippen LogP contribution in [0.1, 0.15) is 11.5 Å². The third-order valence-corrected chi connectivity index (χ3v) is 2.20. The first-order chi connectivity index (χ1) is 6.42. The lowest BCUT2D eigenvalue weighted by Gasteiger charge is -2.10. The van der Waals surface area contributed by atoms with Crippen LogP contribution in [0, 0.1) is 0 Å². The summed E-state index contributed by atoms with van der Waals surface area (Å²) in [7, 11) is 1.69. The Labute approximate surface area is 77.4 Å². The molecule has 1 N–H and O–H groups in total. The maximum atomic E-state index is 5.27. The maximum Gasteiger partial charge on any atom is 0.122 e. The standard InChI is InChI=1S/C10H12N2O/c1-13-10-5-3-2-4-9(10)8-6-11-12-7-8/h2-6,8,12H,7H2,1H3/t8-/m1/s1.